The highest BCUT2D eigenvalue weighted by atomic mass is 35.5. The maximum absolute atomic E-state index is 11.9. The molecule has 2 aromatic rings. The van der Waals surface area contributed by atoms with Gasteiger partial charge in [0.15, 0.2) is 0 Å². The van der Waals surface area contributed by atoms with Crippen molar-refractivity contribution in [3.63, 3.8) is 0 Å². The number of amides is 1. The summed E-state index contributed by atoms with van der Waals surface area (Å²) in [6.07, 6.45) is 3.72. The van der Waals surface area contributed by atoms with E-state index in [1.54, 1.807) is 6.92 Å². The fourth-order valence-corrected chi connectivity index (χ4v) is 1.81. The van der Waals surface area contributed by atoms with Crippen LogP contribution < -0.4 is 5.32 Å². The molecule has 5 heteroatoms. The maximum Gasteiger partial charge on any atom is 0.254 e. The molecule has 19 heavy (non-hydrogen) atoms. The molecule has 0 saturated heterocycles. The van der Waals surface area contributed by atoms with Crippen molar-refractivity contribution >= 4 is 17.5 Å². The van der Waals surface area contributed by atoms with Gasteiger partial charge in [-0.15, -0.1) is 0 Å². The Hall–Kier alpha value is -1.94. The topological polar surface area (TPSA) is 54.9 Å². The Morgan fingerprint density at radius 2 is 2.05 bits per heavy atom. The van der Waals surface area contributed by atoms with Gasteiger partial charge in [0.1, 0.15) is 6.33 Å². The van der Waals surface area contributed by atoms with Gasteiger partial charge in [-0.25, -0.2) is 9.97 Å². The summed E-state index contributed by atoms with van der Waals surface area (Å²) in [6, 6.07) is 7.58. The molecule has 98 valence electrons. The lowest BCUT2D eigenvalue weighted by Crippen LogP contribution is -2.26. The summed E-state index contributed by atoms with van der Waals surface area (Å²) in [6.45, 7) is 2.35. The second-order valence-electron chi connectivity index (χ2n) is 4.15. The highest BCUT2D eigenvalue weighted by molar-refractivity contribution is 6.30. The number of nitrogens with one attached hydrogen (secondary N) is 1. The van der Waals surface area contributed by atoms with Crippen LogP contribution in [0.4, 0.5) is 0 Å². The van der Waals surface area contributed by atoms with Crippen molar-refractivity contribution in [2.45, 2.75) is 13.3 Å². The number of carbonyl (C=O) groups is 1. The van der Waals surface area contributed by atoms with Crippen LogP contribution in [-0.2, 0) is 6.42 Å². The number of aromatic nitrogens is 2. The van der Waals surface area contributed by atoms with Crippen LogP contribution in [0.2, 0.25) is 5.02 Å². The van der Waals surface area contributed by atoms with E-state index in [9.17, 15) is 4.79 Å². The van der Waals surface area contributed by atoms with E-state index in [2.05, 4.69) is 15.3 Å². The summed E-state index contributed by atoms with van der Waals surface area (Å²) >= 11 is 5.81. The number of hydrogen-bond donors (Lipinski definition) is 1. The summed E-state index contributed by atoms with van der Waals surface area (Å²) in [4.78, 5) is 19.7. The minimum atomic E-state index is -0.146. The van der Waals surface area contributed by atoms with Gasteiger partial charge in [0, 0.05) is 17.8 Å². The van der Waals surface area contributed by atoms with Crippen molar-refractivity contribution in [1.82, 2.24) is 15.3 Å². The molecule has 0 atom stereocenters. The summed E-state index contributed by atoms with van der Waals surface area (Å²) in [5.41, 5.74) is 2.32. The minimum absolute atomic E-state index is 0.146. The van der Waals surface area contributed by atoms with E-state index < -0.39 is 0 Å². The van der Waals surface area contributed by atoms with Crippen molar-refractivity contribution in [3.8, 4) is 0 Å². The van der Waals surface area contributed by atoms with Crippen LogP contribution in [0.3, 0.4) is 0 Å². The molecular weight excluding hydrogens is 262 g/mol. The van der Waals surface area contributed by atoms with Crippen molar-refractivity contribution in [1.29, 1.82) is 0 Å². The normalized spacial score (nSPS) is 10.2. The molecular formula is C14H14ClN3O. The molecule has 1 amide bonds. The fourth-order valence-electron chi connectivity index (χ4n) is 1.68. The van der Waals surface area contributed by atoms with E-state index in [-0.39, 0.29) is 5.91 Å². The molecule has 1 aromatic heterocycles. The third kappa shape index (κ3) is 3.76. The molecule has 0 aliphatic heterocycles. The van der Waals surface area contributed by atoms with Gasteiger partial charge < -0.3 is 5.32 Å². The predicted molar refractivity (Wildman–Crippen MR) is 74.3 cm³/mol. The van der Waals surface area contributed by atoms with Crippen molar-refractivity contribution in [2.75, 3.05) is 6.54 Å². The van der Waals surface area contributed by atoms with E-state index in [0.29, 0.717) is 22.8 Å². The lowest BCUT2D eigenvalue weighted by atomic mass is 10.1. The number of benzene rings is 1. The third-order valence-electron chi connectivity index (χ3n) is 2.77. The second kappa shape index (κ2) is 6.29. The first-order valence-corrected chi connectivity index (χ1v) is 6.34. The Morgan fingerprint density at radius 1 is 1.32 bits per heavy atom. The Kier molecular flexibility index (Phi) is 4.47. The zero-order chi connectivity index (χ0) is 13.7. The molecule has 0 aliphatic carbocycles. The van der Waals surface area contributed by atoms with Crippen LogP contribution in [0.5, 0.6) is 0 Å². The molecule has 0 bridgehead atoms. The molecule has 1 aromatic carbocycles. The molecule has 0 fully saturated rings. The molecule has 0 spiro atoms. The fraction of sp³-hybridized carbons (Fsp3) is 0.214. The smallest absolute Gasteiger partial charge is 0.254 e. The summed E-state index contributed by atoms with van der Waals surface area (Å²) in [5, 5.41) is 3.56. The number of rotatable bonds is 4. The van der Waals surface area contributed by atoms with Crippen LogP contribution in [0.1, 0.15) is 21.6 Å². The lowest BCUT2D eigenvalue weighted by Gasteiger charge is -2.06. The van der Waals surface area contributed by atoms with E-state index in [1.807, 2.05) is 24.3 Å². The van der Waals surface area contributed by atoms with E-state index in [1.165, 1.54) is 12.5 Å². The van der Waals surface area contributed by atoms with Crippen molar-refractivity contribution in [3.05, 3.63) is 58.6 Å². The Bertz CT molecular complexity index is 569. The van der Waals surface area contributed by atoms with E-state index in [0.717, 1.165) is 12.0 Å². The zero-order valence-corrected chi connectivity index (χ0v) is 11.3. The highest BCUT2D eigenvalue weighted by Crippen LogP contribution is 2.09. The van der Waals surface area contributed by atoms with Crippen LogP contribution in [0.15, 0.2) is 36.8 Å². The Balaban J connectivity index is 1.88. The average molecular weight is 276 g/mol. The monoisotopic (exact) mass is 275 g/mol. The van der Waals surface area contributed by atoms with Gasteiger partial charge in [0.25, 0.3) is 5.91 Å². The van der Waals surface area contributed by atoms with Gasteiger partial charge >= 0.3 is 0 Å². The van der Waals surface area contributed by atoms with Crippen LogP contribution in [0.25, 0.3) is 0 Å². The first kappa shape index (κ1) is 13.5. The number of aryl methyl sites for hydroxylation is 1. The molecule has 0 unspecified atom stereocenters. The second-order valence-corrected chi connectivity index (χ2v) is 4.59. The van der Waals surface area contributed by atoms with Crippen LogP contribution in [0, 0.1) is 6.92 Å². The molecule has 0 aliphatic rings. The van der Waals surface area contributed by atoms with Crippen molar-refractivity contribution in [2.24, 2.45) is 0 Å². The Morgan fingerprint density at radius 3 is 2.74 bits per heavy atom. The minimum Gasteiger partial charge on any atom is -0.352 e. The summed E-state index contributed by atoms with van der Waals surface area (Å²) in [7, 11) is 0. The molecule has 4 nitrogen and oxygen atoms in total. The number of hydrogen-bond acceptors (Lipinski definition) is 3. The molecule has 1 heterocycles. The van der Waals surface area contributed by atoms with Crippen LogP contribution >= 0.6 is 11.6 Å². The lowest BCUT2D eigenvalue weighted by molar-refractivity contribution is 0.0952. The number of nitrogens with zero attached hydrogens (tertiary/aromatic N) is 2. The first-order chi connectivity index (χ1) is 9.16. The Labute approximate surface area is 116 Å². The standard InChI is InChI=1S/C14H14ClN3O/c1-10-13(8-16-9-18-10)14(19)17-7-6-11-2-4-12(15)5-3-11/h2-5,8-9H,6-7H2,1H3,(H,17,19). The zero-order valence-electron chi connectivity index (χ0n) is 10.6. The van der Waals surface area contributed by atoms with Gasteiger partial charge in [0.05, 0.1) is 11.3 Å². The van der Waals surface area contributed by atoms with Crippen LogP contribution in [-0.4, -0.2) is 22.4 Å². The third-order valence-corrected chi connectivity index (χ3v) is 3.02. The van der Waals surface area contributed by atoms with E-state index in [4.69, 9.17) is 11.6 Å². The van der Waals surface area contributed by atoms with E-state index >= 15 is 0 Å². The number of halogens is 1. The van der Waals surface area contributed by atoms with Crippen molar-refractivity contribution < 1.29 is 4.79 Å². The SMILES string of the molecule is Cc1ncncc1C(=O)NCCc1ccc(Cl)cc1. The molecule has 1 N–H and O–H groups in total. The van der Waals surface area contributed by atoms with Gasteiger partial charge in [-0.05, 0) is 31.0 Å². The van der Waals surface area contributed by atoms with Gasteiger partial charge in [-0.3, -0.25) is 4.79 Å². The van der Waals surface area contributed by atoms with Gasteiger partial charge in [-0.1, -0.05) is 23.7 Å². The van der Waals surface area contributed by atoms with Gasteiger partial charge in [-0.2, -0.15) is 0 Å². The predicted octanol–water partition coefficient (Wildman–Crippen LogP) is 2.41. The first-order valence-electron chi connectivity index (χ1n) is 5.96. The maximum atomic E-state index is 11.9. The number of carbonyl (C=O) groups excluding carboxylic acids is 1. The highest BCUT2D eigenvalue weighted by Gasteiger charge is 2.08. The average Bonchev–Trinajstić information content (AvgIpc) is 2.41. The summed E-state index contributed by atoms with van der Waals surface area (Å²) < 4.78 is 0. The quantitative estimate of drug-likeness (QED) is 0.932. The van der Waals surface area contributed by atoms with Gasteiger partial charge in [0.2, 0.25) is 0 Å². The largest absolute Gasteiger partial charge is 0.352 e. The molecule has 2 rings (SSSR count). The molecule has 0 saturated carbocycles. The summed E-state index contributed by atoms with van der Waals surface area (Å²) in [5.74, 6) is -0.146. The molecule has 0 radical (unpaired) electrons.